The quantitative estimate of drug-likeness (QED) is 0.849. The van der Waals surface area contributed by atoms with Crippen LogP contribution in [0.15, 0.2) is 36.5 Å². The average Bonchev–Trinajstić information content (AvgIpc) is 3.10. The van der Waals surface area contributed by atoms with Gasteiger partial charge in [-0.3, -0.25) is 0 Å². The topological polar surface area (TPSA) is 62.3 Å². The van der Waals surface area contributed by atoms with Crippen LogP contribution in [0, 0.1) is 0 Å². The van der Waals surface area contributed by atoms with Crippen LogP contribution in [0.2, 0.25) is 0 Å². The van der Waals surface area contributed by atoms with Crippen LogP contribution in [0.4, 0.5) is 11.5 Å². The lowest BCUT2D eigenvalue weighted by atomic mass is 10.2. The molecule has 1 aromatic carbocycles. The van der Waals surface area contributed by atoms with Gasteiger partial charge in [-0.1, -0.05) is 12.1 Å². The van der Waals surface area contributed by atoms with Crippen molar-refractivity contribution in [1.29, 1.82) is 0 Å². The van der Waals surface area contributed by atoms with Gasteiger partial charge in [0.25, 0.3) is 0 Å². The third-order valence-corrected chi connectivity index (χ3v) is 4.23. The summed E-state index contributed by atoms with van der Waals surface area (Å²) in [6.45, 7) is 2.77. The standard InChI is InChI=1S/C17H23N5O/c1-18-14-7-8-22(12-14)15-9-17(21-20-11-15)19-10-13-3-5-16(23-2)6-4-13/h3-6,9,11,14,18H,7-8,10,12H2,1-2H3,(H,19,21)/t14-/m1/s1. The minimum absolute atomic E-state index is 0.555. The summed E-state index contributed by atoms with van der Waals surface area (Å²) in [6.07, 6.45) is 2.99. The van der Waals surface area contributed by atoms with Gasteiger partial charge < -0.3 is 20.3 Å². The Balaban J connectivity index is 1.61. The third kappa shape index (κ3) is 3.90. The van der Waals surface area contributed by atoms with Gasteiger partial charge in [-0.25, -0.2) is 0 Å². The van der Waals surface area contributed by atoms with Gasteiger partial charge in [0.2, 0.25) is 0 Å². The van der Waals surface area contributed by atoms with Gasteiger partial charge in [0.05, 0.1) is 19.0 Å². The molecule has 0 unspecified atom stereocenters. The summed E-state index contributed by atoms with van der Waals surface area (Å²) >= 11 is 0. The first-order valence-electron chi connectivity index (χ1n) is 7.90. The second-order valence-electron chi connectivity index (χ2n) is 5.72. The van der Waals surface area contributed by atoms with Gasteiger partial charge in [0.1, 0.15) is 5.75 Å². The molecule has 2 aromatic rings. The first-order valence-corrected chi connectivity index (χ1v) is 7.90. The van der Waals surface area contributed by atoms with Crippen molar-refractivity contribution in [3.8, 4) is 5.75 Å². The highest BCUT2D eigenvalue weighted by Gasteiger charge is 2.21. The molecule has 1 aromatic heterocycles. The van der Waals surface area contributed by atoms with E-state index in [2.05, 4.69) is 31.8 Å². The second-order valence-corrected chi connectivity index (χ2v) is 5.72. The number of anilines is 2. The normalized spacial score (nSPS) is 17.3. The molecule has 1 atom stereocenters. The second kappa shape index (κ2) is 7.28. The number of hydrogen-bond donors (Lipinski definition) is 2. The van der Waals surface area contributed by atoms with E-state index in [-0.39, 0.29) is 0 Å². The van der Waals surface area contributed by atoms with E-state index in [1.807, 2.05) is 37.5 Å². The Hall–Kier alpha value is -2.34. The van der Waals surface area contributed by atoms with Gasteiger partial charge in [-0.2, -0.15) is 5.10 Å². The van der Waals surface area contributed by atoms with Crippen molar-refractivity contribution in [3.05, 3.63) is 42.1 Å². The van der Waals surface area contributed by atoms with E-state index in [0.717, 1.165) is 36.8 Å². The summed E-state index contributed by atoms with van der Waals surface area (Å²) < 4.78 is 5.17. The first kappa shape index (κ1) is 15.6. The molecule has 6 heteroatoms. The number of nitrogens with one attached hydrogen (secondary N) is 2. The molecule has 6 nitrogen and oxygen atoms in total. The van der Waals surface area contributed by atoms with Crippen molar-refractivity contribution >= 4 is 11.5 Å². The lowest BCUT2D eigenvalue weighted by Gasteiger charge is -2.18. The predicted molar refractivity (Wildman–Crippen MR) is 92.0 cm³/mol. The molecule has 1 aliphatic rings. The SMILES string of the molecule is CN[C@@H]1CCN(c2cnnc(NCc3ccc(OC)cc3)c2)C1. The van der Waals surface area contributed by atoms with Crippen LogP contribution in [-0.2, 0) is 6.54 Å². The van der Waals surface area contributed by atoms with Gasteiger partial charge in [0.15, 0.2) is 5.82 Å². The van der Waals surface area contributed by atoms with E-state index < -0.39 is 0 Å². The van der Waals surface area contributed by atoms with Crippen molar-refractivity contribution in [2.75, 3.05) is 37.5 Å². The maximum atomic E-state index is 5.17. The summed E-state index contributed by atoms with van der Waals surface area (Å²) in [5.74, 6) is 1.66. The summed E-state index contributed by atoms with van der Waals surface area (Å²) in [7, 11) is 3.69. The van der Waals surface area contributed by atoms with Gasteiger partial charge in [0, 0.05) is 31.7 Å². The fourth-order valence-corrected chi connectivity index (χ4v) is 2.78. The third-order valence-electron chi connectivity index (χ3n) is 4.23. The van der Waals surface area contributed by atoms with Crippen molar-refractivity contribution in [2.24, 2.45) is 0 Å². The molecule has 2 N–H and O–H groups in total. The van der Waals surface area contributed by atoms with E-state index in [9.17, 15) is 0 Å². The number of hydrogen-bond acceptors (Lipinski definition) is 6. The van der Waals surface area contributed by atoms with Crippen LogP contribution >= 0.6 is 0 Å². The van der Waals surface area contributed by atoms with Crippen molar-refractivity contribution in [3.63, 3.8) is 0 Å². The number of ether oxygens (including phenoxy) is 1. The molecular weight excluding hydrogens is 290 g/mol. The highest BCUT2D eigenvalue weighted by Crippen LogP contribution is 2.21. The predicted octanol–water partition coefficient (Wildman–Crippen LogP) is 1.90. The van der Waals surface area contributed by atoms with Crippen molar-refractivity contribution < 1.29 is 4.74 Å². The summed E-state index contributed by atoms with van der Waals surface area (Å²) in [5.41, 5.74) is 2.30. The molecule has 1 aliphatic heterocycles. The Kier molecular flexibility index (Phi) is 4.92. The number of likely N-dealkylation sites (N-methyl/N-ethyl adjacent to an activating group) is 1. The van der Waals surface area contributed by atoms with Crippen LogP contribution in [0.3, 0.4) is 0 Å². The molecule has 0 radical (unpaired) electrons. The minimum Gasteiger partial charge on any atom is -0.497 e. The molecule has 0 amide bonds. The Morgan fingerprint density at radius 2 is 2.13 bits per heavy atom. The fraction of sp³-hybridized carbons (Fsp3) is 0.412. The Labute approximate surface area is 136 Å². The summed E-state index contributed by atoms with van der Waals surface area (Å²) in [4.78, 5) is 2.34. The highest BCUT2D eigenvalue weighted by atomic mass is 16.5. The lowest BCUT2D eigenvalue weighted by molar-refractivity contribution is 0.414. The van der Waals surface area contributed by atoms with E-state index in [0.29, 0.717) is 12.6 Å². The number of nitrogens with zero attached hydrogens (tertiary/aromatic N) is 3. The van der Waals surface area contributed by atoms with Crippen LogP contribution in [0.5, 0.6) is 5.75 Å². The number of aromatic nitrogens is 2. The molecule has 0 bridgehead atoms. The number of methoxy groups -OCH3 is 1. The molecular formula is C17H23N5O. The van der Waals surface area contributed by atoms with Gasteiger partial charge in [-0.15, -0.1) is 5.10 Å². The van der Waals surface area contributed by atoms with Crippen LogP contribution in [0.1, 0.15) is 12.0 Å². The van der Waals surface area contributed by atoms with Crippen LogP contribution in [-0.4, -0.2) is 43.5 Å². The van der Waals surface area contributed by atoms with Gasteiger partial charge >= 0.3 is 0 Å². The fourth-order valence-electron chi connectivity index (χ4n) is 2.78. The van der Waals surface area contributed by atoms with Crippen molar-refractivity contribution in [1.82, 2.24) is 15.5 Å². The number of benzene rings is 1. The Bertz CT molecular complexity index is 631. The largest absolute Gasteiger partial charge is 0.497 e. The zero-order valence-corrected chi connectivity index (χ0v) is 13.6. The molecule has 0 aliphatic carbocycles. The zero-order chi connectivity index (χ0) is 16.1. The molecule has 3 rings (SSSR count). The molecule has 122 valence electrons. The van der Waals surface area contributed by atoms with E-state index in [4.69, 9.17) is 4.74 Å². The van der Waals surface area contributed by atoms with E-state index in [1.54, 1.807) is 7.11 Å². The molecule has 0 spiro atoms. The Morgan fingerprint density at radius 3 is 2.83 bits per heavy atom. The maximum absolute atomic E-state index is 5.17. The molecule has 1 saturated heterocycles. The van der Waals surface area contributed by atoms with Gasteiger partial charge in [-0.05, 0) is 31.2 Å². The molecule has 0 saturated carbocycles. The van der Waals surface area contributed by atoms with E-state index >= 15 is 0 Å². The van der Waals surface area contributed by atoms with Crippen LogP contribution < -0.4 is 20.3 Å². The monoisotopic (exact) mass is 313 g/mol. The molecule has 23 heavy (non-hydrogen) atoms. The number of rotatable bonds is 6. The van der Waals surface area contributed by atoms with Crippen LogP contribution in [0.25, 0.3) is 0 Å². The van der Waals surface area contributed by atoms with Crippen molar-refractivity contribution in [2.45, 2.75) is 19.0 Å². The summed E-state index contributed by atoms with van der Waals surface area (Å²) in [6, 6.07) is 10.6. The lowest BCUT2D eigenvalue weighted by Crippen LogP contribution is -2.29. The minimum atomic E-state index is 0.555. The maximum Gasteiger partial charge on any atom is 0.150 e. The van der Waals surface area contributed by atoms with E-state index in [1.165, 1.54) is 5.56 Å². The summed E-state index contributed by atoms with van der Waals surface area (Å²) in [5, 5.41) is 15.0. The molecule has 2 heterocycles. The zero-order valence-electron chi connectivity index (χ0n) is 13.6. The Morgan fingerprint density at radius 1 is 1.30 bits per heavy atom. The smallest absolute Gasteiger partial charge is 0.150 e. The highest BCUT2D eigenvalue weighted by molar-refractivity contribution is 5.53. The first-order chi connectivity index (χ1) is 11.3. The average molecular weight is 313 g/mol. The molecule has 1 fully saturated rings.